The van der Waals surface area contributed by atoms with Crippen molar-refractivity contribution in [2.24, 2.45) is 0 Å². The van der Waals surface area contributed by atoms with Crippen LogP contribution in [0.15, 0.2) is 23.1 Å². The van der Waals surface area contributed by atoms with Gasteiger partial charge >= 0.3 is 0 Å². The average molecular weight is 323 g/mol. The Morgan fingerprint density at radius 3 is 2.82 bits per heavy atom. The zero-order valence-electron chi connectivity index (χ0n) is 12.9. The van der Waals surface area contributed by atoms with Gasteiger partial charge in [0.25, 0.3) is 0 Å². The molecule has 0 radical (unpaired) electrons. The maximum atomic E-state index is 12.8. The van der Waals surface area contributed by atoms with Gasteiger partial charge in [-0.3, -0.25) is 4.79 Å². The molecule has 3 rings (SSSR count). The molecular formula is C15H21N3O3S. The van der Waals surface area contributed by atoms with Crippen LogP contribution in [0.25, 0.3) is 0 Å². The molecule has 1 aromatic rings. The number of nitrogens with zero attached hydrogens (tertiary/aromatic N) is 2. The van der Waals surface area contributed by atoms with Gasteiger partial charge in [-0.05, 0) is 43.1 Å². The van der Waals surface area contributed by atoms with E-state index in [1.165, 1.54) is 4.31 Å². The van der Waals surface area contributed by atoms with Gasteiger partial charge in [0.2, 0.25) is 15.9 Å². The van der Waals surface area contributed by atoms with E-state index in [1.807, 2.05) is 0 Å². The van der Waals surface area contributed by atoms with E-state index in [9.17, 15) is 13.2 Å². The van der Waals surface area contributed by atoms with Crippen LogP contribution in [0.2, 0.25) is 0 Å². The molecule has 2 aliphatic heterocycles. The third-order valence-corrected chi connectivity index (χ3v) is 6.50. The van der Waals surface area contributed by atoms with E-state index in [2.05, 4.69) is 5.32 Å². The highest BCUT2D eigenvalue weighted by atomic mass is 32.2. The van der Waals surface area contributed by atoms with E-state index < -0.39 is 10.0 Å². The predicted octanol–water partition coefficient (Wildman–Crippen LogP) is 0.578. The number of hydrogen-bond donors (Lipinski definition) is 1. The van der Waals surface area contributed by atoms with Gasteiger partial charge in [0.15, 0.2) is 0 Å². The summed E-state index contributed by atoms with van der Waals surface area (Å²) in [7, 11) is -0.185. The highest BCUT2D eigenvalue weighted by molar-refractivity contribution is 7.89. The van der Waals surface area contributed by atoms with Crippen LogP contribution in [-0.2, 0) is 21.2 Å². The molecule has 0 saturated carbocycles. The van der Waals surface area contributed by atoms with E-state index >= 15 is 0 Å². The number of amides is 1. The van der Waals surface area contributed by atoms with Crippen molar-refractivity contribution in [2.45, 2.75) is 30.2 Å². The van der Waals surface area contributed by atoms with Gasteiger partial charge in [-0.25, -0.2) is 8.42 Å². The molecule has 120 valence electrons. The molecule has 22 heavy (non-hydrogen) atoms. The van der Waals surface area contributed by atoms with Crippen LogP contribution in [0.1, 0.15) is 18.4 Å². The van der Waals surface area contributed by atoms with Crippen molar-refractivity contribution >= 4 is 21.6 Å². The Kier molecular flexibility index (Phi) is 3.96. The highest BCUT2D eigenvalue weighted by Crippen LogP contribution is 2.31. The number of fused-ring (bicyclic) bond motifs is 1. The van der Waals surface area contributed by atoms with Crippen molar-refractivity contribution in [2.75, 3.05) is 32.1 Å². The minimum absolute atomic E-state index is 0.00520. The van der Waals surface area contributed by atoms with Gasteiger partial charge in [-0.1, -0.05) is 0 Å². The van der Waals surface area contributed by atoms with Gasteiger partial charge in [-0.15, -0.1) is 0 Å². The Balaban J connectivity index is 1.90. The van der Waals surface area contributed by atoms with E-state index in [4.69, 9.17) is 0 Å². The lowest BCUT2D eigenvalue weighted by Gasteiger charge is -2.31. The topological polar surface area (TPSA) is 69.7 Å². The van der Waals surface area contributed by atoms with Crippen LogP contribution in [0.3, 0.4) is 0 Å². The number of likely N-dealkylation sites (N-methyl/N-ethyl adjacent to an activating group) is 2. The number of sulfonamides is 1. The van der Waals surface area contributed by atoms with Crippen LogP contribution in [0.5, 0.6) is 0 Å². The van der Waals surface area contributed by atoms with E-state index in [-0.39, 0.29) is 23.3 Å². The van der Waals surface area contributed by atoms with Crippen molar-refractivity contribution in [1.82, 2.24) is 9.62 Å². The molecular weight excluding hydrogens is 302 g/mol. The molecule has 0 spiro atoms. The number of rotatable bonds is 3. The molecule has 1 amide bonds. The largest absolute Gasteiger partial charge is 0.315 e. The first kappa shape index (κ1) is 15.5. The first-order valence-electron chi connectivity index (χ1n) is 7.49. The quantitative estimate of drug-likeness (QED) is 0.883. The zero-order valence-corrected chi connectivity index (χ0v) is 13.7. The second-order valence-electron chi connectivity index (χ2n) is 5.94. The second kappa shape index (κ2) is 5.64. The van der Waals surface area contributed by atoms with E-state index in [1.54, 1.807) is 37.2 Å². The number of carbonyl (C=O) groups excluding carboxylic acids is 1. The number of nitrogens with one attached hydrogen (secondary N) is 1. The zero-order chi connectivity index (χ0) is 15.9. The van der Waals surface area contributed by atoms with Crippen LogP contribution in [0, 0.1) is 0 Å². The third-order valence-electron chi connectivity index (χ3n) is 4.59. The second-order valence-corrected chi connectivity index (χ2v) is 7.94. The standard InChI is InChI=1S/C15H21N3O3S/c1-17-14-6-5-13(8-11(14)9-15(17)19)22(20,21)18(2)12-4-3-7-16-10-12/h5-6,8,12,16H,3-4,7,9-10H2,1-2H3. The molecule has 6 nitrogen and oxygen atoms in total. The fourth-order valence-corrected chi connectivity index (χ4v) is 4.55. The van der Waals surface area contributed by atoms with Gasteiger partial charge < -0.3 is 10.2 Å². The average Bonchev–Trinajstić information content (AvgIpc) is 2.81. The molecule has 2 aliphatic rings. The molecule has 7 heteroatoms. The first-order valence-corrected chi connectivity index (χ1v) is 8.93. The lowest BCUT2D eigenvalue weighted by Crippen LogP contribution is -2.46. The number of piperidine rings is 1. The van der Waals surface area contributed by atoms with Crippen molar-refractivity contribution < 1.29 is 13.2 Å². The maximum Gasteiger partial charge on any atom is 0.243 e. The number of anilines is 1. The SMILES string of the molecule is CN1C(=O)Cc2cc(S(=O)(=O)N(C)C3CCCNC3)ccc21. The minimum atomic E-state index is -3.53. The van der Waals surface area contributed by atoms with E-state index in [0.29, 0.717) is 6.54 Å². The molecule has 1 atom stereocenters. The molecule has 1 saturated heterocycles. The summed E-state index contributed by atoms with van der Waals surface area (Å²) in [6, 6.07) is 4.94. The van der Waals surface area contributed by atoms with Crippen molar-refractivity contribution in [1.29, 1.82) is 0 Å². The summed E-state index contributed by atoms with van der Waals surface area (Å²) in [4.78, 5) is 13.6. The van der Waals surface area contributed by atoms with Gasteiger partial charge in [0.1, 0.15) is 0 Å². The van der Waals surface area contributed by atoms with Crippen molar-refractivity contribution in [3.63, 3.8) is 0 Å². The summed E-state index contributed by atoms with van der Waals surface area (Å²) in [5, 5.41) is 3.24. The van der Waals surface area contributed by atoms with Crippen LogP contribution >= 0.6 is 0 Å². The Bertz CT molecular complexity index is 696. The molecule has 1 aromatic carbocycles. The Hall–Kier alpha value is -1.44. The smallest absolute Gasteiger partial charge is 0.243 e. The van der Waals surface area contributed by atoms with Gasteiger partial charge in [0.05, 0.1) is 11.3 Å². The third kappa shape index (κ3) is 2.53. The normalized spacial score (nSPS) is 22.2. The lowest BCUT2D eigenvalue weighted by atomic mass is 10.1. The summed E-state index contributed by atoms with van der Waals surface area (Å²) < 4.78 is 27.0. The monoisotopic (exact) mass is 323 g/mol. The first-order chi connectivity index (χ1) is 10.4. The van der Waals surface area contributed by atoms with Crippen LogP contribution < -0.4 is 10.2 Å². The molecule has 1 N–H and O–H groups in total. The Morgan fingerprint density at radius 2 is 2.14 bits per heavy atom. The van der Waals surface area contributed by atoms with Crippen molar-refractivity contribution in [3.05, 3.63) is 23.8 Å². The predicted molar refractivity (Wildman–Crippen MR) is 84.4 cm³/mol. The maximum absolute atomic E-state index is 12.8. The Labute approximate surface area is 131 Å². The summed E-state index contributed by atoms with van der Waals surface area (Å²) >= 11 is 0. The lowest BCUT2D eigenvalue weighted by molar-refractivity contribution is -0.117. The van der Waals surface area contributed by atoms with E-state index in [0.717, 1.165) is 30.6 Å². The number of benzene rings is 1. The summed E-state index contributed by atoms with van der Waals surface area (Å²) in [5.74, 6) is -0.00520. The number of carbonyl (C=O) groups is 1. The fourth-order valence-electron chi connectivity index (χ4n) is 3.11. The highest BCUT2D eigenvalue weighted by Gasteiger charge is 2.31. The number of hydrogen-bond acceptors (Lipinski definition) is 4. The van der Waals surface area contributed by atoms with Crippen LogP contribution in [0.4, 0.5) is 5.69 Å². The van der Waals surface area contributed by atoms with Crippen LogP contribution in [-0.4, -0.2) is 51.9 Å². The molecule has 0 aromatic heterocycles. The van der Waals surface area contributed by atoms with Crippen molar-refractivity contribution in [3.8, 4) is 0 Å². The molecule has 2 heterocycles. The summed E-state index contributed by atoms with van der Waals surface area (Å²) in [6.07, 6.45) is 2.12. The molecule has 0 aliphatic carbocycles. The summed E-state index contributed by atoms with van der Waals surface area (Å²) in [6.45, 7) is 1.62. The summed E-state index contributed by atoms with van der Waals surface area (Å²) in [5.41, 5.74) is 1.58. The van der Waals surface area contributed by atoms with Gasteiger partial charge in [-0.2, -0.15) is 4.31 Å². The Morgan fingerprint density at radius 1 is 1.36 bits per heavy atom. The molecule has 1 unspecified atom stereocenters. The molecule has 1 fully saturated rings. The minimum Gasteiger partial charge on any atom is -0.315 e. The van der Waals surface area contributed by atoms with Gasteiger partial charge in [0, 0.05) is 32.4 Å². The molecule has 0 bridgehead atoms. The fraction of sp³-hybridized carbons (Fsp3) is 0.533.